The third-order valence-electron chi connectivity index (χ3n) is 2.05. The largest absolute Gasteiger partial charge is 0.459 e. The van der Waals surface area contributed by atoms with Gasteiger partial charge in [0, 0.05) is 24.5 Å². The van der Waals surface area contributed by atoms with E-state index < -0.39 is 0 Å². The van der Waals surface area contributed by atoms with E-state index in [-0.39, 0.29) is 12.5 Å². The Morgan fingerprint density at radius 3 is 3.00 bits per heavy atom. The predicted octanol–water partition coefficient (Wildman–Crippen LogP) is 1.43. The van der Waals surface area contributed by atoms with Crippen molar-refractivity contribution < 1.29 is 14.3 Å². The van der Waals surface area contributed by atoms with Crippen LogP contribution in [0.25, 0.3) is 0 Å². The maximum absolute atomic E-state index is 11.6. The number of furan rings is 1. The summed E-state index contributed by atoms with van der Waals surface area (Å²) in [5.41, 5.74) is 0.852. The predicted molar refractivity (Wildman–Crippen MR) is 64.8 cm³/mol. The Kier molecular flexibility index (Phi) is 6.03. The van der Waals surface area contributed by atoms with E-state index in [4.69, 9.17) is 9.52 Å². The van der Waals surface area contributed by atoms with Crippen molar-refractivity contribution in [2.24, 2.45) is 0 Å². The van der Waals surface area contributed by atoms with Crippen LogP contribution in [0.3, 0.4) is 0 Å². The second-order valence-corrected chi connectivity index (χ2v) is 4.60. The lowest BCUT2D eigenvalue weighted by Gasteiger charge is -2.03. The standard InChI is InChI=1S/C11H17NO3S/c1-9-3-6-15-10(9)11(14)12-4-8-16-7-2-5-13/h3,6,13H,2,4-5,7-8H2,1H3,(H,12,14). The van der Waals surface area contributed by atoms with Crippen molar-refractivity contribution in [1.82, 2.24) is 5.32 Å². The lowest BCUT2D eigenvalue weighted by atomic mass is 10.3. The number of nitrogens with one attached hydrogen (secondary N) is 1. The number of aliphatic hydroxyl groups is 1. The molecule has 90 valence electrons. The molecule has 1 aromatic heterocycles. The molecule has 16 heavy (non-hydrogen) atoms. The minimum atomic E-state index is -0.162. The zero-order chi connectivity index (χ0) is 11.8. The van der Waals surface area contributed by atoms with Crippen LogP contribution in [0.4, 0.5) is 0 Å². The Balaban J connectivity index is 2.14. The monoisotopic (exact) mass is 243 g/mol. The highest BCUT2D eigenvalue weighted by Gasteiger charge is 2.10. The van der Waals surface area contributed by atoms with Crippen molar-refractivity contribution in [3.63, 3.8) is 0 Å². The summed E-state index contributed by atoms with van der Waals surface area (Å²) in [5, 5.41) is 11.4. The highest BCUT2D eigenvalue weighted by molar-refractivity contribution is 7.99. The quantitative estimate of drug-likeness (QED) is 0.711. The summed E-state index contributed by atoms with van der Waals surface area (Å²) in [6, 6.07) is 1.77. The number of carbonyl (C=O) groups excluding carboxylic acids is 1. The lowest BCUT2D eigenvalue weighted by Crippen LogP contribution is -2.25. The fourth-order valence-corrected chi connectivity index (χ4v) is 1.97. The molecule has 4 nitrogen and oxygen atoms in total. The van der Waals surface area contributed by atoms with Gasteiger partial charge in [0.2, 0.25) is 0 Å². The third kappa shape index (κ3) is 4.28. The minimum Gasteiger partial charge on any atom is -0.459 e. The Hall–Kier alpha value is -0.940. The van der Waals surface area contributed by atoms with E-state index in [1.807, 2.05) is 6.92 Å². The Morgan fingerprint density at radius 1 is 1.56 bits per heavy atom. The fourth-order valence-electron chi connectivity index (χ4n) is 1.19. The van der Waals surface area contributed by atoms with Gasteiger partial charge in [0.05, 0.1) is 6.26 Å². The van der Waals surface area contributed by atoms with Crippen LogP contribution >= 0.6 is 11.8 Å². The number of thioether (sulfide) groups is 1. The Bertz CT molecular complexity index is 325. The number of carbonyl (C=O) groups is 1. The maximum Gasteiger partial charge on any atom is 0.287 e. The van der Waals surface area contributed by atoms with Gasteiger partial charge < -0.3 is 14.8 Å². The van der Waals surface area contributed by atoms with E-state index in [0.717, 1.165) is 23.5 Å². The van der Waals surface area contributed by atoms with Gasteiger partial charge in [-0.3, -0.25) is 4.79 Å². The normalized spacial score (nSPS) is 10.4. The molecule has 0 spiro atoms. The van der Waals surface area contributed by atoms with Crippen molar-refractivity contribution in [3.8, 4) is 0 Å². The molecule has 5 heteroatoms. The minimum absolute atomic E-state index is 0.162. The second kappa shape index (κ2) is 7.35. The molecule has 0 aliphatic carbocycles. The summed E-state index contributed by atoms with van der Waals surface area (Å²) >= 11 is 1.72. The van der Waals surface area contributed by atoms with Gasteiger partial charge in [-0.05, 0) is 25.2 Å². The zero-order valence-corrected chi connectivity index (χ0v) is 10.2. The second-order valence-electron chi connectivity index (χ2n) is 3.38. The molecule has 0 saturated carbocycles. The van der Waals surface area contributed by atoms with E-state index >= 15 is 0 Å². The van der Waals surface area contributed by atoms with Crippen LogP contribution in [0.2, 0.25) is 0 Å². The van der Waals surface area contributed by atoms with Gasteiger partial charge in [-0.2, -0.15) is 11.8 Å². The molecule has 0 saturated heterocycles. The van der Waals surface area contributed by atoms with Crippen molar-refractivity contribution in [2.75, 3.05) is 24.7 Å². The first-order chi connectivity index (χ1) is 7.75. The van der Waals surface area contributed by atoms with E-state index in [1.165, 1.54) is 6.26 Å². The number of hydrogen-bond donors (Lipinski definition) is 2. The first-order valence-corrected chi connectivity index (χ1v) is 6.42. The molecule has 0 aromatic carbocycles. The van der Waals surface area contributed by atoms with Crippen LogP contribution < -0.4 is 5.32 Å². The molecule has 0 aliphatic rings. The molecule has 1 amide bonds. The molecule has 0 unspecified atom stereocenters. The average Bonchev–Trinajstić information content (AvgIpc) is 2.69. The summed E-state index contributed by atoms with van der Waals surface area (Å²) < 4.78 is 5.07. The smallest absolute Gasteiger partial charge is 0.287 e. The van der Waals surface area contributed by atoms with Gasteiger partial charge >= 0.3 is 0 Å². The van der Waals surface area contributed by atoms with Gasteiger partial charge in [-0.15, -0.1) is 0 Å². The number of amides is 1. The van der Waals surface area contributed by atoms with Crippen LogP contribution in [-0.4, -0.2) is 35.7 Å². The van der Waals surface area contributed by atoms with E-state index in [0.29, 0.717) is 12.3 Å². The third-order valence-corrected chi connectivity index (χ3v) is 3.12. The molecule has 1 aromatic rings. The average molecular weight is 243 g/mol. The summed E-state index contributed by atoms with van der Waals surface area (Å²) in [6.45, 7) is 2.69. The van der Waals surface area contributed by atoms with E-state index in [1.54, 1.807) is 17.8 Å². The lowest BCUT2D eigenvalue weighted by molar-refractivity contribution is 0.0927. The molecular weight excluding hydrogens is 226 g/mol. The van der Waals surface area contributed by atoms with Crippen LogP contribution in [0.5, 0.6) is 0 Å². The number of hydrogen-bond acceptors (Lipinski definition) is 4. The van der Waals surface area contributed by atoms with Crippen molar-refractivity contribution >= 4 is 17.7 Å². The number of aryl methyl sites for hydroxylation is 1. The fraction of sp³-hybridized carbons (Fsp3) is 0.545. The van der Waals surface area contributed by atoms with Crippen molar-refractivity contribution in [1.29, 1.82) is 0 Å². The van der Waals surface area contributed by atoms with Gasteiger partial charge in [-0.1, -0.05) is 0 Å². The van der Waals surface area contributed by atoms with Gasteiger partial charge in [0.15, 0.2) is 5.76 Å². The molecule has 0 atom stereocenters. The van der Waals surface area contributed by atoms with Gasteiger partial charge in [0.1, 0.15) is 0 Å². The number of aliphatic hydroxyl groups excluding tert-OH is 1. The molecule has 1 heterocycles. The van der Waals surface area contributed by atoms with Crippen LogP contribution in [0.1, 0.15) is 22.5 Å². The Morgan fingerprint density at radius 2 is 2.38 bits per heavy atom. The van der Waals surface area contributed by atoms with Gasteiger partial charge in [-0.25, -0.2) is 0 Å². The molecular formula is C11H17NO3S. The summed E-state index contributed by atoms with van der Waals surface area (Å²) in [4.78, 5) is 11.6. The molecule has 1 rings (SSSR count). The van der Waals surface area contributed by atoms with Crippen molar-refractivity contribution in [2.45, 2.75) is 13.3 Å². The zero-order valence-electron chi connectivity index (χ0n) is 9.36. The maximum atomic E-state index is 11.6. The van der Waals surface area contributed by atoms with Crippen LogP contribution in [0.15, 0.2) is 16.7 Å². The highest BCUT2D eigenvalue weighted by Crippen LogP contribution is 2.08. The first kappa shape index (κ1) is 13.1. The van der Waals surface area contributed by atoms with E-state index in [9.17, 15) is 4.79 Å². The van der Waals surface area contributed by atoms with Crippen LogP contribution in [0, 0.1) is 6.92 Å². The van der Waals surface area contributed by atoms with Gasteiger partial charge in [0.25, 0.3) is 5.91 Å². The van der Waals surface area contributed by atoms with E-state index in [2.05, 4.69) is 5.32 Å². The van der Waals surface area contributed by atoms with Crippen molar-refractivity contribution in [3.05, 3.63) is 23.7 Å². The Labute approximate surface area is 99.4 Å². The molecule has 2 N–H and O–H groups in total. The molecule has 0 bridgehead atoms. The topological polar surface area (TPSA) is 62.5 Å². The summed E-state index contributed by atoms with van der Waals surface area (Å²) in [7, 11) is 0. The molecule has 0 aliphatic heterocycles. The highest BCUT2D eigenvalue weighted by atomic mass is 32.2. The van der Waals surface area contributed by atoms with Crippen LogP contribution in [-0.2, 0) is 0 Å². The summed E-state index contributed by atoms with van der Waals surface area (Å²) in [5.74, 6) is 2.00. The molecule has 0 fully saturated rings. The number of rotatable bonds is 7. The first-order valence-electron chi connectivity index (χ1n) is 5.26. The molecule has 0 radical (unpaired) electrons. The summed E-state index contributed by atoms with van der Waals surface area (Å²) in [6.07, 6.45) is 2.32. The SMILES string of the molecule is Cc1ccoc1C(=O)NCCSCCCO.